The summed E-state index contributed by atoms with van der Waals surface area (Å²) in [7, 11) is 0. The topological polar surface area (TPSA) is 177 Å². The number of hydrogen-bond donors (Lipinski definition) is 7. The van der Waals surface area contributed by atoms with E-state index in [-0.39, 0.29) is 6.42 Å². The first-order valence-electron chi connectivity index (χ1n) is 7.13. The van der Waals surface area contributed by atoms with Gasteiger partial charge < -0.3 is 47.1 Å². The first-order chi connectivity index (χ1) is 10.3. The van der Waals surface area contributed by atoms with Gasteiger partial charge in [-0.3, -0.25) is 0 Å². The second kappa shape index (κ2) is 6.99. The highest BCUT2D eigenvalue weighted by Crippen LogP contribution is 2.27. The molecule has 130 valence electrons. The fourth-order valence-electron chi connectivity index (χ4n) is 2.83. The Balaban J connectivity index is 2.08. The van der Waals surface area contributed by atoms with Crippen LogP contribution in [0.3, 0.4) is 0 Å². The van der Waals surface area contributed by atoms with Crippen molar-refractivity contribution in [3.63, 3.8) is 0 Å². The number of ether oxygens (including phenoxy) is 2. The molecule has 0 aromatic carbocycles. The molecule has 1 saturated heterocycles. The molecule has 0 aromatic rings. The Kier molecular flexibility index (Phi) is 5.69. The predicted octanol–water partition coefficient (Wildman–Crippen LogP) is -4.10. The van der Waals surface area contributed by atoms with Gasteiger partial charge in [-0.05, 0) is 6.42 Å². The Morgan fingerprint density at radius 1 is 0.955 bits per heavy atom. The molecule has 1 aliphatic heterocycles. The molecule has 2 rings (SSSR count). The van der Waals surface area contributed by atoms with Crippen LogP contribution in [0, 0.1) is 0 Å². The van der Waals surface area contributed by atoms with Crippen molar-refractivity contribution in [3.8, 4) is 0 Å². The zero-order valence-electron chi connectivity index (χ0n) is 11.9. The molecule has 0 radical (unpaired) electrons. The van der Waals surface area contributed by atoms with Gasteiger partial charge in [-0.2, -0.15) is 0 Å². The minimum absolute atomic E-state index is 0.197. The average Bonchev–Trinajstić information content (AvgIpc) is 2.49. The monoisotopic (exact) mass is 325 g/mol. The summed E-state index contributed by atoms with van der Waals surface area (Å²) in [5.74, 6) is 0. The largest absolute Gasteiger partial charge is 0.389 e. The number of aliphatic hydroxyl groups is 4. The van der Waals surface area contributed by atoms with Crippen LogP contribution in [0.1, 0.15) is 6.42 Å². The van der Waals surface area contributed by atoms with Crippen LogP contribution >= 0.6 is 0 Å². The lowest BCUT2D eigenvalue weighted by Crippen LogP contribution is -2.67. The third-order valence-electron chi connectivity index (χ3n) is 4.28. The van der Waals surface area contributed by atoms with E-state index in [2.05, 4.69) is 0 Å². The minimum atomic E-state index is -1.48. The van der Waals surface area contributed by atoms with Crippen LogP contribution in [0.4, 0.5) is 4.39 Å². The van der Waals surface area contributed by atoms with Gasteiger partial charge in [0.15, 0.2) is 6.29 Å². The van der Waals surface area contributed by atoms with Gasteiger partial charge in [0.05, 0.1) is 12.1 Å². The van der Waals surface area contributed by atoms with Crippen LogP contribution in [0.2, 0.25) is 0 Å². The van der Waals surface area contributed by atoms with E-state index in [1.165, 1.54) is 0 Å². The number of hydrogen-bond acceptors (Lipinski definition) is 9. The first kappa shape index (κ1) is 17.9. The third kappa shape index (κ3) is 3.25. The maximum Gasteiger partial charge on any atom is 0.176 e. The summed E-state index contributed by atoms with van der Waals surface area (Å²) >= 11 is 0. The lowest BCUT2D eigenvalue weighted by molar-refractivity contribution is -0.291. The molecule has 0 unspecified atom stereocenters. The van der Waals surface area contributed by atoms with Crippen LogP contribution in [0.5, 0.6) is 0 Å². The molecule has 10 N–H and O–H groups in total. The zero-order valence-corrected chi connectivity index (χ0v) is 11.9. The molecule has 10 heteroatoms. The number of rotatable bonds is 3. The molecular formula is C12H24FN3O6. The van der Waals surface area contributed by atoms with E-state index >= 15 is 0 Å². The van der Waals surface area contributed by atoms with Crippen LogP contribution in [0.25, 0.3) is 0 Å². The molecule has 0 spiro atoms. The Bertz CT molecular complexity index is 379. The molecule has 1 aliphatic carbocycles. The molecular weight excluding hydrogens is 301 g/mol. The molecule has 9 nitrogen and oxygen atoms in total. The van der Waals surface area contributed by atoms with Crippen molar-refractivity contribution in [3.05, 3.63) is 0 Å². The summed E-state index contributed by atoms with van der Waals surface area (Å²) in [6.07, 6.45) is -8.99. The number of aliphatic hydroxyl groups excluding tert-OH is 4. The highest BCUT2D eigenvalue weighted by atomic mass is 19.1. The molecule has 1 heterocycles. The molecule has 2 fully saturated rings. The number of halogens is 1. The Morgan fingerprint density at radius 3 is 2.18 bits per heavy atom. The van der Waals surface area contributed by atoms with Crippen LogP contribution in [-0.2, 0) is 9.47 Å². The zero-order chi connectivity index (χ0) is 16.6. The molecule has 0 bridgehead atoms. The van der Waals surface area contributed by atoms with Gasteiger partial charge in [0.2, 0.25) is 0 Å². The van der Waals surface area contributed by atoms with Crippen molar-refractivity contribution < 1.29 is 34.3 Å². The maximum absolute atomic E-state index is 12.8. The van der Waals surface area contributed by atoms with E-state index in [1.54, 1.807) is 0 Å². The van der Waals surface area contributed by atoms with Crippen LogP contribution in [0.15, 0.2) is 0 Å². The van der Waals surface area contributed by atoms with Crippen LogP contribution in [-0.4, -0.2) is 88.1 Å². The van der Waals surface area contributed by atoms with Gasteiger partial charge in [0.25, 0.3) is 0 Å². The summed E-state index contributed by atoms with van der Waals surface area (Å²) in [5, 5.41) is 39.2. The highest BCUT2D eigenvalue weighted by Gasteiger charge is 2.48. The van der Waals surface area contributed by atoms with Gasteiger partial charge in [0.1, 0.15) is 37.2 Å². The van der Waals surface area contributed by atoms with Gasteiger partial charge in [-0.15, -0.1) is 0 Å². The fourth-order valence-corrected chi connectivity index (χ4v) is 2.83. The lowest BCUT2D eigenvalue weighted by Gasteiger charge is -2.45. The lowest BCUT2D eigenvalue weighted by atomic mass is 9.84. The summed E-state index contributed by atoms with van der Waals surface area (Å²) in [6.45, 7) is -1.04. The van der Waals surface area contributed by atoms with Gasteiger partial charge in [-0.1, -0.05) is 0 Å². The SMILES string of the molecule is N[C@H]1[C@@H](O[C@H]2[C@H](O)[C@@H](O)[C@H](N)C[C@@H]2N)O[C@H](CF)[C@@H](O)[C@@H]1O. The normalized spacial score (nSPS) is 53.5. The van der Waals surface area contributed by atoms with Crippen molar-refractivity contribution >= 4 is 0 Å². The fraction of sp³-hybridized carbons (Fsp3) is 1.00. The summed E-state index contributed by atoms with van der Waals surface area (Å²) < 4.78 is 23.5. The van der Waals surface area contributed by atoms with Crippen molar-refractivity contribution in [2.24, 2.45) is 17.2 Å². The molecule has 0 amide bonds. The van der Waals surface area contributed by atoms with Gasteiger partial charge >= 0.3 is 0 Å². The molecule has 0 aromatic heterocycles. The molecule has 22 heavy (non-hydrogen) atoms. The maximum atomic E-state index is 12.8. The van der Waals surface area contributed by atoms with E-state index in [9.17, 15) is 24.8 Å². The van der Waals surface area contributed by atoms with Crippen molar-refractivity contribution in [2.75, 3.05) is 6.67 Å². The molecule has 10 atom stereocenters. The van der Waals surface area contributed by atoms with E-state index in [4.69, 9.17) is 26.7 Å². The van der Waals surface area contributed by atoms with Crippen LogP contribution < -0.4 is 17.2 Å². The highest BCUT2D eigenvalue weighted by molar-refractivity contribution is 4.99. The molecule has 1 saturated carbocycles. The summed E-state index contributed by atoms with van der Waals surface area (Å²) in [5.41, 5.74) is 17.2. The average molecular weight is 325 g/mol. The van der Waals surface area contributed by atoms with E-state index < -0.39 is 67.7 Å². The number of nitrogens with two attached hydrogens (primary N) is 3. The van der Waals surface area contributed by atoms with E-state index in [1.807, 2.05) is 0 Å². The summed E-state index contributed by atoms with van der Waals surface area (Å²) in [4.78, 5) is 0. The predicted molar refractivity (Wildman–Crippen MR) is 72.1 cm³/mol. The Hall–Kier alpha value is -0.430. The van der Waals surface area contributed by atoms with E-state index in [0.29, 0.717) is 0 Å². The standard InChI is InChI=1S/C12H24FN3O6/c13-2-5-8(18)9(19)6(16)12(21-5)22-11-4(15)1-3(14)7(17)10(11)20/h3-12,17-20H,1-2,14-16H2/t3-,4+,5-,6-,7+,8-,9-,10-,11-,12-/m1/s1. The van der Waals surface area contributed by atoms with Crippen molar-refractivity contribution in [1.29, 1.82) is 0 Å². The van der Waals surface area contributed by atoms with E-state index in [0.717, 1.165) is 0 Å². The third-order valence-corrected chi connectivity index (χ3v) is 4.28. The van der Waals surface area contributed by atoms with Crippen molar-refractivity contribution in [2.45, 2.75) is 67.5 Å². The second-order valence-corrected chi connectivity index (χ2v) is 5.90. The minimum Gasteiger partial charge on any atom is -0.389 e. The van der Waals surface area contributed by atoms with Gasteiger partial charge in [0, 0.05) is 12.1 Å². The second-order valence-electron chi connectivity index (χ2n) is 5.90. The van der Waals surface area contributed by atoms with Gasteiger partial charge in [-0.25, -0.2) is 4.39 Å². The first-order valence-corrected chi connectivity index (χ1v) is 7.13. The Labute approximate surface area is 126 Å². The number of alkyl halides is 1. The smallest absolute Gasteiger partial charge is 0.176 e. The summed E-state index contributed by atoms with van der Waals surface area (Å²) in [6, 6.07) is -2.56. The Morgan fingerprint density at radius 2 is 1.59 bits per heavy atom. The van der Waals surface area contributed by atoms with Crippen molar-refractivity contribution in [1.82, 2.24) is 0 Å². The molecule has 2 aliphatic rings. The quantitative estimate of drug-likeness (QED) is 0.271.